The lowest BCUT2D eigenvalue weighted by atomic mass is 9.90. The van der Waals surface area contributed by atoms with Crippen LogP contribution >= 0.6 is 0 Å². The molecular formula is C21H26O7. The van der Waals surface area contributed by atoms with Gasteiger partial charge in [0.05, 0.1) is 27.4 Å². The number of benzene rings is 2. The monoisotopic (exact) mass is 390 g/mol. The predicted octanol–water partition coefficient (Wildman–Crippen LogP) is 3.07. The van der Waals surface area contributed by atoms with Gasteiger partial charge in [-0.15, -0.1) is 0 Å². The minimum Gasteiger partial charge on any atom is -0.504 e. The lowest BCUT2D eigenvalue weighted by Crippen LogP contribution is -2.14. The number of phenols is 1. The van der Waals surface area contributed by atoms with Crippen molar-refractivity contribution in [3.63, 3.8) is 0 Å². The van der Waals surface area contributed by atoms with Gasteiger partial charge in [-0.3, -0.25) is 0 Å². The van der Waals surface area contributed by atoms with Crippen molar-refractivity contribution in [3.8, 4) is 28.7 Å². The van der Waals surface area contributed by atoms with E-state index >= 15 is 0 Å². The van der Waals surface area contributed by atoms with E-state index in [4.69, 9.17) is 18.9 Å². The average Bonchev–Trinajstić information content (AvgIpc) is 3.02. The summed E-state index contributed by atoms with van der Waals surface area (Å²) in [5.74, 6) is 1.58. The van der Waals surface area contributed by atoms with Gasteiger partial charge >= 0.3 is 0 Å². The van der Waals surface area contributed by atoms with E-state index in [2.05, 4.69) is 0 Å². The predicted molar refractivity (Wildman–Crippen MR) is 103 cm³/mol. The average molecular weight is 390 g/mol. The molecule has 0 saturated heterocycles. The number of fused-ring (bicyclic) bond motifs is 1. The Morgan fingerprint density at radius 2 is 1.64 bits per heavy atom. The zero-order chi connectivity index (χ0) is 20.6. The van der Waals surface area contributed by atoms with Crippen LogP contribution in [0.25, 0.3) is 0 Å². The normalized spacial score (nSPS) is 20.1. The molecule has 1 aliphatic heterocycles. The molecule has 7 heteroatoms. The van der Waals surface area contributed by atoms with Crippen LogP contribution in [0, 0.1) is 0 Å². The molecule has 0 saturated carbocycles. The highest BCUT2D eigenvalue weighted by molar-refractivity contribution is 5.58. The zero-order valence-electron chi connectivity index (χ0n) is 16.6. The largest absolute Gasteiger partial charge is 0.504 e. The molecule has 0 fully saturated rings. The van der Waals surface area contributed by atoms with Gasteiger partial charge < -0.3 is 34.3 Å². The summed E-state index contributed by atoms with van der Waals surface area (Å²) < 4.78 is 22.1. The van der Waals surface area contributed by atoms with Crippen LogP contribution in [0.5, 0.6) is 28.7 Å². The summed E-state index contributed by atoms with van der Waals surface area (Å²) in [4.78, 5) is 0. The molecule has 3 rings (SSSR count). The van der Waals surface area contributed by atoms with Gasteiger partial charge in [-0.25, -0.2) is 0 Å². The first-order valence-corrected chi connectivity index (χ1v) is 9.01. The number of rotatable bonds is 6. The first kappa shape index (κ1) is 20.1. The number of aromatic hydroxyl groups is 1. The molecule has 7 nitrogen and oxygen atoms in total. The number of hydrogen-bond acceptors (Lipinski definition) is 7. The van der Waals surface area contributed by atoms with E-state index in [1.165, 1.54) is 28.3 Å². The topological polar surface area (TPSA) is 97.6 Å². The molecule has 0 radical (unpaired) electrons. The summed E-state index contributed by atoms with van der Waals surface area (Å²) in [6.07, 6.45) is -2.34. The summed E-state index contributed by atoms with van der Waals surface area (Å²) in [6.45, 7) is 3.52. The number of methoxy groups -OCH3 is 3. The Morgan fingerprint density at radius 1 is 0.964 bits per heavy atom. The molecule has 28 heavy (non-hydrogen) atoms. The van der Waals surface area contributed by atoms with Crippen LogP contribution in [0.15, 0.2) is 24.3 Å². The highest BCUT2D eigenvalue weighted by Gasteiger charge is 2.36. The Morgan fingerprint density at radius 3 is 2.21 bits per heavy atom. The van der Waals surface area contributed by atoms with E-state index in [0.29, 0.717) is 22.8 Å². The smallest absolute Gasteiger partial charge is 0.203 e. The number of aliphatic hydroxyl groups is 2. The van der Waals surface area contributed by atoms with E-state index in [-0.39, 0.29) is 17.4 Å². The van der Waals surface area contributed by atoms with E-state index < -0.39 is 18.3 Å². The van der Waals surface area contributed by atoms with Crippen molar-refractivity contribution in [1.82, 2.24) is 0 Å². The minimum atomic E-state index is -1.03. The maximum atomic E-state index is 10.3. The maximum absolute atomic E-state index is 10.3. The maximum Gasteiger partial charge on any atom is 0.203 e. The molecule has 0 bridgehead atoms. The molecule has 0 spiro atoms. The van der Waals surface area contributed by atoms with Crippen molar-refractivity contribution in [2.24, 2.45) is 0 Å². The van der Waals surface area contributed by atoms with Gasteiger partial charge in [-0.1, -0.05) is 6.92 Å². The van der Waals surface area contributed by atoms with Crippen molar-refractivity contribution in [2.75, 3.05) is 21.3 Å². The van der Waals surface area contributed by atoms with Crippen molar-refractivity contribution >= 4 is 0 Å². The minimum absolute atomic E-state index is 0.0409. The summed E-state index contributed by atoms with van der Waals surface area (Å²) in [6, 6.07) is 6.84. The van der Waals surface area contributed by atoms with Gasteiger partial charge in [-0.05, 0) is 36.8 Å². The van der Waals surface area contributed by atoms with Gasteiger partial charge in [0.2, 0.25) is 5.75 Å². The molecule has 0 aromatic heterocycles. The first-order chi connectivity index (χ1) is 13.3. The molecule has 4 atom stereocenters. The van der Waals surface area contributed by atoms with E-state index in [1.54, 1.807) is 18.2 Å². The van der Waals surface area contributed by atoms with Crippen molar-refractivity contribution < 1.29 is 34.3 Å². The molecule has 0 amide bonds. The Labute approximate surface area is 164 Å². The summed E-state index contributed by atoms with van der Waals surface area (Å²) >= 11 is 0. The van der Waals surface area contributed by atoms with Crippen molar-refractivity contribution in [3.05, 3.63) is 41.0 Å². The van der Waals surface area contributed by atoms with Gasteiger partial charge in [0.25, 0.3) is 0 Å². The highest BCUT2D eigenvalue weighted by Crippen LogP contribution is 2.52. The second-order valence-corrected chi connectivity index (χ2v) is 6.93. The van der Waals surface area contributed by atoms with Crippen LogP contribution in [-0.2, 0) is 0 Å². The van der Waals surface area contributed by atoms with E-state index in [9.17, 15) is 15.3 Å². The van der Waals surface area contributed by atoms with Gasteiger partial charge in [0.15, 0.2) is 23.0 Å². The Kier molecular flexibility index (Phi) is 5.58. The standard InChI is InChI=1S/C21H26O7/c1-10-14-6-12(18(24)11(2)22)8-16(25-3)20(14)28-19(10)13-7-15(23)21(27-5)17(9-13)26-4/h6-11,18-19,22-24H,1-5H3/t10-,11?,18?,19-/m0/s1. The fourth-order valence-corrected chi connectivity index (χ4v) is 3.59. The van der Waals surface area contributed by atoms with E-state index in [1.807, 2.05) is 13.0 Å². The molecule has 0 aliphatic carbocycles. The second-order valence-electron chi connectivity index (χ2n) is 6.93. The van der Waals surface area contributed by atoms with Gasteiger partial charge in [0.1, 0.15) is 12.2 Å². The first-order valence-electron chi connectivity index (χ1n) is 9.01. The zero-order valence-corrected chi connectivity index (χ0v) is 16.6. The number of phenolic OH excluding ortho intramolecular Hbond substituents is 1. The lowest BCUT2D eigenvalue weighted by Gasteiger charge is -2.19. The third-order valence-corrected chi connectivity index (χ3v) is 5.12. The van der Waals surface area contributed by atoms with Crippen molar-refractivity contribution in [2.45, 2.75) is 38.1 Å². The molecule has 1 heterocycles. The highest BCUT2D eigenvalue weighted by atomic mass is 16.5. The fourth-order valence-electron chi connectivity index (χ4n) is 3.59. The molecular weight excluding hydrogens is 364 g/mol. The van der Waals surface area contributed by atoms with Gasteiger partial charge in [0, 0.05) is 17.0 Å². The number of hydrogen-bond donors (Lipinski definition) is 3. The molecule has 2 aromatic rings. The van der Waals surface area contributed by atoms with Crippen LogP contribution < -0.4 is 18.9 Å². The Hall–Kier alpha value is -2.64. The molecule has 3 N–H and O–H groups in total. The van der Waals surface area contributed by atoms with Crippen LogP contribution in [-0.4, -0.2) is 42.8 Å². The molecule has 1 aliphatic rings. The van der Waals surface area contributed by atoms with Crippen LogP contribution in [0.3, 0.4) is 0 Å². The Bertz CT molecular complexity index is 862. The summed E-state index contributed by atoms with van der Waals surface area (Å²) in [7, 11) is 4.49. The third-order valence-electron chi connectivity index (χ3n) is 5.12. The van der Waals surface area contributed by atoms with Crippen molar-refractivity contribution in [1.29, 1.82) is 0 Å². The lowest BCUT2D eigenvalue weighted by molar-refractivity contribution is 0.0304. The quantitative estimate of drug-likeness (QED) is 0.697. The third kappa shape index (κ3) is 3.31. The fraction of sp³-hybridized carbons (Fsp3) is 0.429. The van der Waals surface area contributed by atoms with Crippen LogP contribution in [0.1, 0.15) is 48.7 Å². The van der Waals surface area contributed by atoms with Gasteiger partial charge in [-0.2, -0.15) is 0 Å². The summed E-state index contributed by atoms with van der Waals surface area (Å²) in [5, 5.41) is 30.3. The molecule has 2 unspecified atom stereocenters. The number of aliphatic hydroxyl groups excluding tert-OH is 2. The molecule has 152 valence electrons. The van der Waals surface area contributed by atoms with Crippen LogP contribution in [0.2, 0.25) is 0 Å². The Balaban J connectivity index is 2.04. The molecule has 2 aromatic carbocycles. The van der Waals surface area contributed by atoms with Crippen LogP contribution in [0.4, 0.5) is 0 Å². The SMILES string of the molecule is COc1cc([C@H]2Oc3c(OC)cc(C(O)C(C)O)cc3[C@@H]2C)cc(O)c1OC. The van der Waals surface area contributed by atoms with E-state index in [0.717, 1.165) is 11.1 Å². The summed E-state index contributed by atoms with van der Waals surface area (Å²) in [5.41, 5.74) is 2.13. The second kappa shape index (κ2) is 7.77. The number of ether oxygens (including phenoxy) is 4.